The SMILES string of the molecule is CC1(C)O[C@H]2O[C@H]([C@H]3OC(=O)N4CCC[C@@H]34)[C@H](OCc3ccccc3)[C@H]2O1. The molecule has 4 saturated heterocycles. The topological polar surface area (TPSA) is 66.5 Å². The molecular formula is C20H25NO6. The number of fused-ring (bicyclic) bond motifs is 2. The number of hydrogen-bond donors (Lipinski definition) is 0. The number of carbonyl (C=O) groups is 1. The van der Waals surface area contributed by atoms with E-state index in [2.05, 4.69) is 0 Å². The van der Waals surface area contributed by atoms with Gasteiger partial charge in [-0.15, -0.1) is 0 Å². The molecule has 0 bridgehead atoms. The molecule has 4 fully saturated rings. The van der Waals surface area contributed by atoms with Crippen LogP contribution in [0.25, 0.3) is 0 Å². The number of benzene rings is 1. The van der Waals surface area contributed by atoms with E-state index in [-0.39, 0.29) is 30.4 Å². The van der Waals surface area contributed by atoms with Gasteiger partial charge in [0, 0.05) is 6.54 Å². The average molecular weight is 375 g/mol. The van der Waals surface area contributed by atoms with Gasteiger partial charge in [-0.05, 0) is 32.3 Å². The molecule has 1 amide bonds. The van der Waals surface area contributed by atoms with Gasteiger partial charge in [-0.2, -0.15) is 0 Å². The highest BCUT2D eigenvalue weighted by molar-refractivity contribution is 5.71. The zero-order valence-electron chi connectivity index (χ0n) is 15.6. The fourth-order valence-electron chi connectivity index (χ4n) is 4.63. The zero-order valence-corrected chi connectivity index (χ0v) is 15.6. The first kappa shape index (κ1) is 17.4. The normalized spacial score (nSPS) is 39.5. The van der Waals surface area contributed by atoms with E-state index >= 15 is 0 Å². The summed E-state index contributed by atoms with van der Waals surface area (Å²) in [6, 6.07) is 10.0. The van der Waals surface area contributed by atoms with Crippen LogP contribution in [0.2, 0.25) is 0 Å². The zero-order chi connectivity index (χ0) is 18.6. The van der Waals surface area contributed by atoms with Crippen LogP contribution in [0.15, 0.2) is 30.3 Å². The Balaban J connectivity index is 1.37. The van der Waals surface area contributed by atoms with E-state index < -0.39 is 18.2 Å². The molecule has 146 valence electrons. The Morgan fingerprint density at radius 2 is 1.96 bits per heavy atom. The van der Waals surface area contributed by atoms with Crippen molar-refractivity contribution in [2.24, 2.45) is 0 Å². The van der Waals surface area contributed by atoms with Gasteiger partial charge < -0.3 is 28.6 Å². The highest BCUT2D eigenvalue weighted by Gasteiger charge is 2.61. The Labute approximate surface area is 158 Å². The minimum atomic E-state index is -0.722. The van der Waals surface area contributed by atoms with Gasteiger partial charge in [0.05, 0.1) is 12.6 Å². The largest absolute Gasteiger partial charge is 0.441 e. The number of ether oxygens (including phenoxy) is 5. The first-order valence-corrected chi connectivity index (χ1v) is 9.66. The summed E-state index contributed by atoms with van der Waals surface area (Å²) in [4.78, 5) is 14.0. The predicted molar refractivity (Wildman–Crippen MR) is 93.7 cm³/mol. The number of hydrogen-bond acceptors (Lipinski definition) is 6. The Hall–Kier alpha value is -1.67. The number of amides is 1. The van der Waals surface area contributed by atoms with Crippen LogP contribution >= 0.6 is 0 Å². The van der Waals surface area contributed by atoms with Gasteiger partial charge in [0.1, 0.15) is 18.3 Å². The van der Waals surface area contributed by atoms with E-state index in [1.54, 1.807) is 0 Å². The summed E-state index contributed by atoms with van der Waals surface area (Å²) in [7, 11) is 0. The van der Waals surface area contributed by atoms with Crippen LogP contribution in [0.3, 0.4) is 0 Å². The standard InChI is InChI=1S/C20H25NO6/c1-20(2)26-17-15(23-11-12-7-4-3-5-8-12)16(24-18(17)27-20)14-13-9-6-10-21(13)19(22)25-14/h3-5,7-8,13-18H,6,9-11H2,1-2H3/t13-,14-,15-,16+,17+,18+/m0/s1. The highest BCUT2D eigenvalue weighted by atomic mass is 16.8. The lowest BCUT2D eigenvalue weighted by Crippen LogP contribution is -2.47. The lowest BCUT2D eigenvalue weighted by Gasteiger charge is -2.30. The number of nitrogens with zero attached hydrogens (tertiary/aromatic N) is 1. The third-order valence-electron chi connectivity index (χ3n) is 5.79. The van der Waals surface area contributed by atoms with Crippen molar-refractivity contribution >= 4 is 6.09 Å². The minimum Gasteiger partial charge on any atom is -0.441 e. The second kappa shape index (κ2) is 6.44. The summed E-state index contributed by atoms with van der Waals surface area (Å²) in [6.07, 6.45) is -0.334. The van der Waals surface area contributed by atoms with Crippen molar-refractivity contribution in [2.75, 3.05) is 6.54 Å². The van der Waals surface area contributed by atoms with E-state index in [4.69, 9.17) is 23.7 Å². The molecule has 7 heteroatoms. The molecule has 1 aromatic rings. The summed E-state index contributed by atoms with van der Waals surface area (Å²) >= 11 is 0. The molecular weight excluding hydrogens is 350 g/mol. The first-order valence-electron chi connectivity index (χ1n) is 9.66. The Kier molecular flexibility index (Phi) is 4.16. The summed E-state index contributed by atoms with van der Waals surface area (Å²) in [5.41, 5.74) is 1.07. The number of rotatable bonds is 4. The van der Waals surface area contributed by atoms with Crippen molar-refractivity contribution in [1.82, 2.24) is 4.90 Å². The molecule has 4 aliphatic heterocycles. The molecule has 0 spiro atoms. The molecule has 1 aromatic carbocycles. The molecule has 4 aliphatic rings. The van der Waals surface area contributed by atoms with Crippen molar-refractivity contribution in [3.63, 3.8) is 0 Å². The molecule has 0 N–H and O–H groups in total. The van der Waals surface area contributed by atoms with Gasteiger partial charge in [-0.25, -0.2) is 4.79 Å². The van der Waals surface area contributed by atoms with Crippen molar-refractivity contribution in [2.45, 2.75) is 75.8 Å². The van der Waals surface area contributed by atoms with Gasteiger partial charge in [-0.3, -0.25) is 0 Å². The summed E-state index contributed by atoms with van der Waals surface area (Å²) in [6.45, 7) is 4.92. The van der Waals surface area contributed by atoms with Crippen LogP contribution in [-0.4, -0.2) is 60.1 Å². The second-order valence-electron chi connectivity index (χ2n) is 8.08. The molecule has 7 nitrogen and oxygen atoms in total. The van der Waals surface area contributed by atoms with Gasteiger partial charge in [0.25, 0.3) is 0 Å². The van der Waals surface area contributed by atoms with E-state index in [9.17, 15) is 4.79 Å². The van der Waals surface area contributed by atoms with Crippen molar-refractivity contribution in [1.29, 1.82) is 0 Å². The van der Waals surface area contributed by atoms with Gasteiger partial charge in [0.15, 0.2) is 18.2 Å². The maximum absolute atomic E-state index is 12.2. The molecule has 5 rings (SSSR count). The predicted octanol–water partition coefficient (Wildman–Crippen LogP) is 2.43. The first-order chi connectivity index (χ1) is 13.0. The smallest absolute Gasteiger partial charge is 0.410 e. The van der Waals surface area contributed by atoms with Crippen LogP contribution < -0.4 is 0 Å². The Bertz CT molecular complexity index is 710. The molecule has 4 heterocycles. The van der Waals surface area contributed by atoms with E-state index in [0.717, 1.165) is 24.9 Å². The van der Waals surface area contributed by atoms with Crippen molar-refractivity contribution in [3.8, 4) is 0 Å². The summed E-state index contributed by atoms with van der Waals surface area (Å²) in [5.74, 6) is -0.722. The molecule has 27 heavy (non-hydrogen) atoms. The van der Waals surface area contributed by atoms with Crippen molar-refractivity contribution < 1.29 is 28.5 Å². The molecule has 0 saturated carbocycles. The third-order valence-corrected chi connectivity index (χ3v) is 5.79. The Morgan fingerprint density at radius 3 is 2.78 bits per heavy atom. The van der Waals surface area contributed by atoms with Crippen molar-refractivity contribution in [3.05, 3.63) is 35.9 Å². The van der Waals surface area contributed by atoms with E-state index in [0.29, 0.717) is 6.61 Å². The maximum atomic E-state index is 12.2. The van der Waals surface area contributed by atoms with Crippen LogP contribution in [0.5, 0.6) is 0 Å². The van der Waals surface area contributed by atoms with Crippen LogP contribution in [0.4, 0.5) is 4.79 Å². The fourth-order valence-corrected chi connectivity index (χ4v) is 4.63. The lowest BCUT2D eigenvalue weighted by molar-refractivity contribution is -0.229. The monoisotopic (exact) mass is 375 g/mol. The molecule has 0 radical (unpaired) electrons. The fraction of sp³-hybridized carbons (Fsp3) is 0.650. The maximum Gasteiger partial charge on any atom is 0.410 e. The molecule has 0 aromatic heterocycles. The number of carbonyl (C=O) groups excluding carboxylic acids is 1. The van der Waals surface area contributed by atoms with Gasteiger partial charge in [-0.1, -0.05) is 30.3 Å². The summed E-state index contributed by atoms with van der Waals surface area (Å²) < 4.78 is 30.1. The molecule has 0 aliphatic carbocycles. The minimum absolute atomic E-state index is 0.0390. The molecule has 6 atom stereocenters. The lowest BCUT2D eigenvalue weighted by atomic mass is 9.98. The van der Waals surface area contributed by atoms with Crippen LogP contribution in [0.1, 0.15) is 32.3 Å². The summed E-state index contributed by atoms with van der Waals surface area (Å²) in [5, 5.41) is 0. The third kappa shape index (κ3) is 3.02. The van der Waals surface area contributed by atoms with Gasteiger partial charge in [0.2, 0.25) is 0 Å². The quantitative estimate of drug-likeness (QED) is 0.805. The Morgan fingerprint density at radius 1 is 1.15 bits per heavy atom. The van der Waals surface area contributed by atoms with E-state index in [1.807, 2.05) is 49.1 Å². The second-order valence-corrected chi connectivity index (χ2v) is 8.08. The number of cyclic esters (lactones) is 1. The highest BCUT2D eigenvalue weighted by Crippen LogP contribution is 2.43. The van der Waals surface area contributed by atoms with Crippen LogP contribution in [0, 0.1) is 0 Å². The molecule has 0 unspecified atom stereocenters. The average Bonchev–Trinajstić information content (AvgIpc) is 3.36. The van der Waals surface area contributed by atoms with Gasteiger partial charge >= 0.3 is 6.09 Å². The van der Waals surface area contributed by atoms with Crippen LogP contribution in [-0.2, 0) is 30.3 Å². The van der Waals surface area contributed by atoms with E-state index in [1.165, 1.54) is 0 Å².